The Kier molecular flexibility index (Phi) is 8.80. The average Bonchev–Trinajstić information content (AvgIpc) is 3.41. The summed E-state index contributed by atoms with van der Waals surface area (Å²) in [7, 11) is -0.977. The topological polar surface area (TPSA) is 115 Å². The van der Waals surface area contributed by atoms with Crippen LogP contribution >= 0.6 is 11.6 Å². The summed E-state index contributed by atoms with van der Waals surface area (Å²) in [5, 5.41) is 4.68. The maximum absolute atomic E-state index is 13.5. The average molecular weight is 549 g/mol. The third-order valence-electron chi connectivity index (χ3n) is 6.21. The van der Waals surface area contributed by atoms with E-state index in [-0.39, 0.29) is 30.5 Å². The highest BCUT2D eigenvalue weighted by Crippen LogP contribution is 2.32. The van der Waals surface area contributed by atoms with Crippen LogP contribution in [0.1, 0.15) is 31.2 Å². The number of benzene rings is 2. The predicted molar refractivity (Wildman–Crippen MR) is 137 cm³/mol. The number of carbonyl (C=O) groups excluding carboxylic acids is 1. The number of ether oxygens (including phenoxy) is 2. The van der Waals surface area contributed by atoms with Gasteiger partial charge >= 0.3 is 0 Å². The van der Waals surface area contributed by atoms with Crippen LogP contribution in [0, 0.1) is 0 Å². The summed E-state index contributed by atoms with van der Waals surface area (Å²) in [6.45, 7) is 0.284. The number of nitrogens with zero attached hydrogens (tertiary/aromatic N) is 4. The van der Waals surface area contributed by atoms with Crippen molar-refractivity contribution in [1.29, 1.82) is 0 Å². The molecular weight excluding hydrogens is 520 g/mol. The van der Waals surface area contributed by atoms with Gasteiger partial charge in [0.05, 0.1) is 25.2 Å². The summed E-state index contributed by atoms with van der Waals surface area (Å²) >= 11 is 5.97. The van der Waals surface area contributed by atoms with E-state index in [0.29, 0.717) is 35.5 Å². The van der Waals surface area contributed by atoms with Crippen molar-refractivity contribution in [1.82, 2.24) is 19.3 Å². The molecule has 2 heterocycles. The second-order valence-corrected chi connectivity index (χ2v) is 10.9. The molecule has 0 radical (unpaired) electrons. The molecule has 1 aromatic heterocycles. The van der Waals surface area contributed by atoms with Gasteiger partial charge in [0.25, 0.3) is 0 Å². The van der Waals surface area contributed by atoms with Gasteiger partial charge in [-0.05, 0) is 67.8 Å². The molecule has 1 saturated heterocycles. The SMILES string of the molecule is COCCN(CC(=O)N1CCCCC1c1nc(-c2ccc(Cl)cc2)no1)S(=O)(=O)c1ccc(OC)cc1. The molecule has 1 atom stereocenters. The van der Waals surface area contributed by atoms with Gasteiger partial charge in [0.1, 0.15) is 11.8 Å². The van der Waals surface area contributed by atoms with Crippen LogP contribution in [-0.2, 0) is 19.6 Å². The zero-order valence-corrected chi connectivity index (χ0v) is 22.2. The molecule has 0 aliphatic carbocycles. The molecule has 1 unspecified atom stereocenters. The van der Waals surface area contributed by atoms with Gasteiger partial charge in [0, 0.05) is 30.8 Å². The fourth-order valence-corrected chi connectivity index (χ4v) is 5.69. The lowest BCUT2D eigenvalue weighted by Gasteiger charge is -2.34. The highest BCUT2D eigenvalue weighted by Gasteiger charge is 2.35. The number of methoxy groups -OCH3 is 2. The van der Waals surface area contributed by atoms with Crippen LogP contribution in [0.2, 0.25) is 5.02 Å². The van der Waals surface area contributed by atoms with E-state index >= 15 is 0 Å². The van der Waals surface area contributed by atoms with Crippen LogP contribution in [0.25, 0.3) is 11.4 Å². The first-order valence-electron chi connectivity index (χ1n) is 11.9. The van der Waals surface area contributed by atoms with Gasteiger partial charge in [-0.1, -0.05) is 16.8 Å². The molecule has 0 saturated carbocycles. The van der Waals surface area contributed by atoms with Crippen LogP contribution in [0.5, 0.6) is 5.75 Å². The number of carbonyl (C=O) groups is 1. The molecule has 3 aromatic rings. The number of halogens is 1. The van der Waals surface area contributed by atoms with Crippen LogP contribution in [0.15, 0.2) is 57.9 Å². The second-order valence-electron chi connectivity index (χ2n) is 8.57. The zero-order chi connectivity index (χ0) is 26.4. The number of likely N-dealkylation sites (tertiary alicyclic amines) is 1. The van der Waals surface area contributed by atoms with Gasteiger partial charge < -0.3 is 18.9 Å². The molecule has 0 bridgehead atoms. The number of piperidine rings is 1. The van der Waals surface area contributed by atoms with E-state index < -0.39 is 16.1 Å². The van der Waals surface area contributed by atoms with Crippen molar-refractivity contribution in [2.45, 2.75) is 30.2 Å². The van der Waals surface area contributed by atoms with E-state index in [4.69, 9.17) is 25.6 Å². The molecule has 37 heavy (non-hydrogen) atoms. The van der Waals surface area contributed by atoms with Crippen LogP contribution in [-0.4, -0.2) is 74.1 Å². The van der Waals surface area contributed by atoms with Crippen molar-refractivity contribution in [2.75, 3.05) is 40.5 Å². The fourth-order valence-electron chi connectivity index (χ4n) is 4.19. The van der Waals surface area contributed by atoms with Gasteiger partial charge in [0.15, 0.2) is 0 Å². The van der Waals surface area contributed by atoms with Gasteiger partial charge in [-0.25, -0.2) is 8.42 Å². The third-order valence-corrected chi connectivity index (χ3v) is 8.32. The predicted octanol–water partition coefficient (Wildman–Crippen LogP) is 3.79. The first kappa shape index (κ1) is 27.1. The number of hydrogen-bond donors (Lipinski definition) is 0. The summed E-state index contributed by atoms with van der Waals surface area (Å²) in [5.74, 6) is 0.907. The highest BCUT2D eigenvalue weighted by molar-refractivity contribution is 7.89. The maximum atomic E-state index is 13.5. The van der Waals surface area contributed by atoms with E-state index in [1.165, 1.54) is 26.4 Å². The van der Waals surface area contributed by atoms with Crippen molar-refractivity contribution in [2.24, 2.45) is 0 Å². The molecule has 1 aliphatic heterocycles. The fraction of sp³-hybridized carbons (Fsp3) is 0.400. The monoisotopic (exact) mass is 548 g/mol. The lowest BCUT2D eigenvalue weighted by Crippen LogP contribution is -2.46. The van der Waals surface area contributed by atoms with E-state index in [9.17, 15) is 13.2 Å². The molecule has 10 nitrogen and oxygen atoms in total. The van der Waals surface area contributed by atoms with Crippen molar-refractivity contribution in [3.05, 3.63) is 59.4 Å². The Hall–Kier alpha value is -2.99. The lowest BCUT2D eigenvalue weighted by molar-refractivity contribution is -0.136. The number of hydrogen-bond acceptors (Lipinski definition) is 8. The Labute approximate surface area is 221 Å². The summed E-state index contributed by atoms with van der Waals surface area (Å²) < 4.78 is 43.7. The zero-order valence-electron chi connectivity index (χ0n) is 20.7. The van der Waals surface area contributed by atoms with Crippen LogP contribution in [0.3, 0.4) is 0 Å². The van der Waals surface area contributed by atoms with Gasteiger partial charge in [-0.3, -0.25) is 4.79 Å². The summed E-state index contributed by atoms with van der Waals surface area (Å²) in [4.78, 5) is 19.7. The van der Waals surface area contributed by atoms with E-state index in [2.05, 4.69) is 10.1 Å². The van der Waals surface area contributed by atoms with Crippen molar-refractivity contribution in [3.8, 4) is 17.1 Å². The molecule has 198 valence electrons. The molecule has 12 heteroatoms. The largest absolute Gasteiger partial charge is 0.497 e. The lowest BCUT2D eigenvalue weighted by atomic mass is 10.0. The summed E-state index contributed by atoms with van der Waals surface area (Å²) in [6, 6.07) is 12.7. The minimum atomic E-state index is -3.96. The van der Waals surface area contributed by atoms with E-state index in [0.717, 1.165) is 22.7 Å². The first-order valence-corrected chi connectivity index (χ1v) is 13.7. The normalized spacial score (nSPS) is 16.2. The molecule has 1 aliphatic rings. The number of sulfonamides is 1. The molecular formula is C25H29ClN4O6S. The Bertz CT molecular complexity index is 1300. The van der Waals surface area contributed by atoms with Crippen LogP contribution < -0.4 is 4.74 Å². The standard InChI is InChI=1S/C25H29ClN4O6S/c1-34-16-15-29(37(32,33)21-12-10-20(35-2)11-13-21)17-23(31)30-14-4-3-5-22(30)25-27-24(28-36-25)18-6-8-19(26)9-7-18/h6-13,22H,3-5,14-17H2,1-2H3. The molecule has 0 spiro atoms. The minimum absolute atomic E-state index is 0.0242. The van der Waals surface area contributed by atoms with Crippen molar-refractivity contribution < 1.29 is 27.2 Å². The Morgan fingerprint density at radius 2 is 1.86 bits per heavy atom. The number of rotatable bonds is 10. The number of aromatic nitrogens is 2. The quantitative estimate of drug-likeness (QED) is 0.376. The van der Waals surface area contributed by atoms with Gasteiger partial charge in [-0.2, -0.15) is 9.29 Å². The maximum Gasteiger partial charge on any atom is 0.249 e. The molecule has 1 amide bonds. The van der Waals surface area contributed by atoms with Crippen molar-refractivity contribution >= 4 is 27.5 Å². The van der Waals surface area contributed by atoms with E-state index in [1.807, 2.05) is 0 Å². The third kappa shape index (κ3) is 6.30. The minimum Gasteiger partial charge on any atom is -0.497 e. The molecule has 2 aromatic carbocycles. The van der Waals surface area contributed by atoms with Crippen LogP contribution in [0.4, 0.5) is 0 Å². The number of amides is 1. The van der Waals surface area contributed by atoms with Gasteiger partial charge in [-0.15, -0.1) is 0 Å². The Morgan fingerprint density at radius 1 is 1.14 bits per heavy atom. The van der Waals surface area contributed by atoms with Gasteiger partial charge in [0.2, 0.25) is 27.6 Å². The summed E-state index contributed by atoms with van der Waals surface area (Å²) in [6.07, 6.45) is 2.31. The Morgan fingerprint density at radius 3 is 2.54 bits per heavy atom. The molecule has 0 N–H and O–H groups in total. The highest BCUT2D eigenvalue weighted by atomic mass is 35.5. The first-order chi connectivity index (χ1) is 17.8. The second kappa shape index (κ2) is 12.0. The summed E-state index contributed by atoms with van der Waals surface area (Å²) in [5.41, 5.74) is 0.740. The molecule has 4 rings (SSSR count). The Balaban J connectivity index is 1.55. The van der Waals surface area contributed by atoms with E-state index in [1.54, 1.807) is 41.3 Å². The van der Waals surface area contributed by atoms with Crippen molar-refractivity contribution in [3.63, 3.8) is 0 Å². The molecule has 1 fully saturated rings. The smallest absolute Gasteiger partial charge is 0.249 e.